The smallest absolute Gasteiger partial charge is 0.165 e. The molecule has 0 N–H and O–H groups in total. The molecule has 0 amide bonds. The van der Waals surface area contributed by atoms with E-state index in [2.05, 4.69) is 168 Å². The molecule has 0 unspecified atom stereocenters. The normalized spacial score (nSPS) is 12.1. The number of rotatable bonds is 4. The zero-order valence-corrected chi connectivity index (χ0v) is 33.1. The van der Waals surface area contributed by atoms with E-state index in [-0.39, 0.29) is 0 Å². The number of hydrogen-bond acceptors (Lipinski definition) is 5. The summed E-state index contributed by atoms with van der Waals surface area (Å²) in [7, 11) is 0. The van der Waals surface area contributed by atoms with Crippen molar-refractivity contribution in [1.29, 1.82) is 0 Å². The maximum Gasteiger partial charge on any atom is 0.165 e. The molecule has 0 saturated heterocycles. The minimum atomic E-state index is 0.646. The molecule has 0 saturated carbocycles. The molecule has 6 heteroatoms. The maximum absolute atomic E-state index is 5.41. The van der Waals surface area contributed by atoms with Crippen molar-refractivity contribution in [2.24, 2.45) is 0 Å². The van der Waals surface area contributed by atoms with Crippen LogP contribution < -0.4 is 0 Å². The standard InChI is InChI=1S/C53H30N4S2/c1-2-13-32(14-3-1)51-54-52(34-24-25-37-33(28-34)23-22-31-12-4-5-15-36(31)37)56-53(55-51)43-30-35(57-44-19-9-6-16-38(44)39-17-7-10-20-45(39)57)29-42-48-47(59-49(42)43)27-26-41-40-18-8-11-21-46(40)58-50(41)48/h1-30H. The van der Waals surface area contributed by atoms with Crippen LogP contribution in [-0.2, 0) is 0 Å². The highest BCUT2D eigenvalue weighted by Crippen LogP contribution is 2.48. The molecule has 4 aromatic heterocycles. The number of aromatic nitrogens is 4. The molecule has 59 heavy (non-hydrogen) atoms. The van der Waals surface area contributed by atoms with Crippen LogP contribution >= 0.6 is 22.7 Å². The Morgan fingerprint density at radius 3 is 1.78 bits per heavy atom. The van der Waals surface area contributed by atoms with Gasteiger partial charge in [0.05, 0.1) is 11.0 Å². The van der Waals surface area contributed by atoms with Gasteiger partial charge in [0.25, 0.3) is 0 Å². The fourth-order valence-electron chi connectivity index (χ4n) is 9.12. The summed E-state index contributed by atoms with van der Waals surface area (Å²) < 4.78 is 7.43. The van der Waals surface area contributed by atoms with Gasteiger partial charge in [0.1, 0.15) is 0 Å². The third-order valence-electron chi connectivity index (χ3n) is 11.8. The lowest BCUT2D eigenvalue weighted by atomic mass is 10.00. The molecule has 0 aliphatic carbocycles. The lowest BCUT2D eigenvalue weighted by Gasteiger charge is -2.13. The second-order valence-corrected chi connectivity index (χ2v) is 17.3. The first-order valence-electron chi connectivity index (χ1n) is 19.8. The average Bonchev–Trinajstić information content (AvgIpc) is 3.98. The van der Waals surface area contributed by atoms with E-state index in [1.54, 1.807) is 0 Å². The Labute approximate surface area is 345 Å². The number of thiophene rings is 2. The number of nitrogens with zero attached hydrogens (tertiary/aromatic N) is 4. The molecule has 0 bridgehead atoms. The quantitative estimate of drug-likeness (QED) is 0.167. The minimum absolute atomic E-state index is 0.646. The Morgan fingerprint density at radius 1 is 0.356 bits per heavy atom. The molecule has 0 aliphatic rings. The zero-order valence-electron chi connectivity index (χ0n) is 31.4. The molecule has 0 aliphatic heterocycles. The van der Waals surface area contributed by atoms with Crippen LogP contribution in [0.1, 0.15) is 0 Å². The zero-order chi connectivity index (χ0) is 38.6. The highest BCUT2D eigenvalue weighted by molar-refractivity contribution is 7.30. The van der Waals surface area contributed by atoms with Crippen LogP contribution in [-0.4, -0.2) is 19.5 Å². The fraction of sp³-hybridized carbons (Fsp3) is 0. The summed E-state index contributed by atoms with van der Waals surface area (Å²) in [4.78, 5) is 15.9. The fourth-order valence-corrected chi connectivity index (χ4v) is 11.7. The molecule has 13 aromatic rings. The van der Waals surface area contributed by atoms with Crippen molar-refractivity contribution in [3.05, 3.63) is 182 Å². The van der Waals surface area contributed by atoms with Crippen LogP contribution in [0.3, 0.4) is 0 Å². The van der Waals surface area contributed by atoms with Gasteiger partial charge in [-0.1, -0.05) is 140 Å². The van der Waals surface area contributed by atoms with Crippen molar-refractivity contribution >= 4 is 106 Å². The van der Waals surface area contributed by atoms with Crippen molar-refractivity contribution in [3.63, 3.8) is 0 Å². The summed E-state index contributed by atoms with van der Waals surface area (Å²) >= 11 is 3.70. The summed E-state index contributed by atoms with van der Waals surface area (Å²) in [5.41, 5.74) is 6.28. The third kappa shape index (κ3) is 4.97. The second-order valence-electron chi connectivity index (χ2n) is 15.2. The van der Waals surface area contributed by atoms with E-state index in [9.17, 15) is 0 Å². The monoisotopic (exact) mass is 786 g/mol. The van der Waals surface area contributed by atoms with Crippen molar-refractivity contribution in [3.8, 4) is 39.9 Å². The Morgan fingerprint density at radius 2 is 0.966 bits per heavy atom. The number of para-hydroxylation sites is 2. The molecule has 0 atom stereocenters. The van der Waals surface area contributed by atoms with Crippen LogP contribution in [0.25, 0.3) is 124 Å². The van der Waals surface area contributed by atoms with Crippen LogP contribution in [0.4, 0.5) is 0 Å². The third-order valence-corrected chi connectivity index (χ3v) is 14.2. The van der Waals surface area contributed by atoms with Gasteiger partial charge in [-0.25, -0.2) is 15.0 Å². The lowest BCUT2D eigenvalue weighted by molar-refractivity contribution is 1.08. The summed E-state index contributed by atoms with van der Waals surface area (Å²) in [5.74, 6) is 1.94. The molecule has 274 valence electrons. The molecule has 0 fully saturated rings. The Kier molecular flexibility index (Phi) is 7.02. The molecular weight excluding hydrogens is 757 g/mol. The van der Waals surface area contributed by atoms with Gasteiger partial charge in [-0.15, -0.1) is 22.7 Å². The first-order chi connectivity index (χ1) is 29.2. The summed E-state index contributed by atoms with van der Waals surface area (Å²) in [6.45, 7) is 0. The summed E-state index contributed by atoms with van der Waals surface area (Å²) in [5, 5.41) is 12.4. The van der Waals surface area contributed by atoms with Crippen LogP contribution in [0, 0.1) is 0 Å². The molecule has 0 spiro atoms. The van der Waals surface area contributed by atoms with E-state index in [0.717, 1.165) is 43.5 Å². The van der Waals surface area contributed by atoms with Crippen LogP contribution in [0.5, 0.6) is 0 Å². The molecule has 4 heterocycles. The van der Waals surface area contributed by atoms with Gasteiger partial charge < -0.3 is 4.57 Å². The predicted molar refractivity (Wildman–Crippen MR) is 251 cm³/mol. The maximum atomic E-state index is 5.41. The average molecular weight is 787 g/mol. The van der Waals surface area contributed by atoms with Gasteiger partial charge in [-0.3, -0.25) is 0 Å². The van der Waals surface area contributed by atoms with Crippen molar-refractivity contribution in [2.45, 2.75) is 0 Å². The van der Waals surface area contributed by atoms with Crippen molar-refractivity contribution in [2.75, 3.05) is 0 Å². The number of benzene rings is 9. The van der Waals surface area contributed by atoms with Gasteiger partial charge in [0.2, 0.25) is 0 Å². The molecule has 13 rings (SSSR count). The van der Waals surface area contributed by atoms with Gasteiger partial charge >= 0.3 is 0 Å². The van der Waals surface area contributed by atoms with Crippen LogP contribution in [0.2, 0.25) is 0 Å². The van der Waals surface area contributed by atoms with Gasteiger partial charge in [-0.05, 0) is 64.0 Å². The van der Waals surface area contributed by atoms with Gasteiger partial charge in [0, 0.05) is 73.5 Å². The molecule has 9 aromatic carbocycles. The Balaban J connectivity index is 1.14. The SMILES string of the molecule is c1ccc(-c2nc(-c3ccc4c(ccc5ccccc54)c3)nc(-c3cc(-n4c5ccccc5c5ccccc54)cc4c3sc3ccc5c6ccccc6sc5c34)n2)cc1. The van der Waals surface area contributed by atoms with Crippen LogP contribution in [0.15, 0.2) is 182 Å². The van der Waals surface area contributed by atoms with E-state index in [0.29, 0.717) is 17.5 Å². The lowest BCUT2D eigenvalue weighted by Crippen LogP contribution is -2.01. The van der Waals surface area contributed by atoms with E-state index >= 15 is 0 Å². The van der Waals surface area contributed by atoms with E-state index < -0.39 is 0 Å². The minimum Gasteiger partial charge on any atom is -0.309 e. The summed E-state index contributed by atoms with van der Waals surface area (Å²) in [6, 6.07) is 65.3. The summed E-state index contributed by atoms with van der Waals surface area (Å²) in [6.07, 6.45) is 0. The first-order valence-corrected chi connectivity index (χ1v) is 21.4. The number of hydrogen-bond donors (Lipinski definition) is 0. The van der Waals surface area contributed by atoms with E-state index in [1.165, 1.54) is 62.6 Å². The largest absolute Gasteiger partial charge is 0.309 e. The molecular formula is C53H30N4S2. The van der Waals surface area contributed by atoms with Gasteiger partial charge in [0.15, 0.2) is 17.5 Å². The first kappa shape index (κ1) is 32.8. The highest BCUT2D eigenvalue weighted by Gasteiger charge is 2.22. The highest BCUT2D eigenvalue weighted by atomic mass is 32.1. The van der Waals surface area contributed by atoms with Gasteiger partial charge in [-0.2, -0.15) is 0 Å². The number of fused-ring (bicyclic) bond motifs is 13. The van der Waals surface area contributed by atoms with Crippen molar-refractivity contribution < 1.29 is 0 Å². The topological polar surface area (TPSA) is 43.6 Å². The van der Waals surface area contributed by atoms with E-state index in [4.69, 9.17) is 15.0 Å². The Bertz CT molecular complexity index is 3800. The molecule has 0 radical (unpaired) electrons. The molecule has 4 nitrogen and oxygen atoms in total. The van der Waals surface area contributed by atoms with E-state index in [1.807, 2.05) is 40.9 Å². The van der Waals surface area contributed by atoms with Crippen molar-refractivity contribution in [1.82, 2.24) is 19.5 Å². The second kappa shape index (κ2) is 12.6. The predicted octanol–water partition coefficient (Wildman–Crippen LogP) is 15.0. The Hall–Kier alpha value is -7.25.